The number of carbonyl (C=O) groups is 3. The van der Waals surface area contributed by atoms with Crippen molar-refractivity contribution in [3.8, 4) is 16.9 Å². The van der Waals surface area contributed by atoms with Gasteiger partial charge in [-0.15, -0.1) is 0 Å². The summed E-state index contributed by atoms with van der Waals surface area (Å²) >= 11 is 0. The molecule has 0 aliphatic carbocycles. The Hall–Kier alpha value is -4.27. The normalized spacial score (nSPS) is 11.4. The SMILES string of the molecule is C=C(COC)C(=O)CC[C@@H](OC(=O)c1ccccc1-c1ccccc1C(=O)O)c1ccccc1OCCO. The van der Waals surface area contributed by atoms with Gasteiger partial charge in [-0.3, -0.25) is 4.79 Å². The summed E-state index contributed by atoms with van der Waals surface area (Å²) in [6, 6.07) is 19.9. The van der Waals surface area contributed by atoms with Gasteiger partial charge in [-0.05, 0) is 35.7 Å². The van der Waals surface area contributed by atoms with Crippen LogP contribution in [0.3, 0.4) is 0 Å². The van der Waals surface area contributed by atoms with Crippen molar-refractivity contribution in [3.05, 3.63) is 102 Å². The molecule has 0 saturated heterocycles. The molecule has 3 aromatic rings. The van der Waals surface area contributed by atoms with Crippen LogP contribution in [0.1, 0.15) is 45.2 Å². The van der Waals surface area contributed by atoms with E-state index in [1.165, 1.54) is 13.2 Å². The molecule has 0 aromatic heterocycles. The van der Waals surface area contributed by atoms with E-state index in [1.807, 2.05) is 0 Å². The van der Waals surface area contributed by atoms with Crippen LogP contribution < -0.4 is 4.74 Å². The Morgan fingerprint density at radius 1 is 0.895 bits per heavy atom. The van der Waals surface area contributed by atoms with E-state index < -0.39 is 18.0 Å². The molecule has 0 unspecified atom stereocenters. The van der Waals surface area contributed by atoms with E-state index in [4.69, 9.17) is 14.2 Å². The lowest BCUT2D eigenvalue weighted by Gasteiger charge is -2.22. The van der Waals surface area contributed by atoms with E-state index in [2.05, 4.69) is 6.58 Å². The lowest BCUT2D eigenvalue weighted by molar-refractivity contribution is -0.116. The standard InChI is InChI=1S/C30H30O8/c1-20(19-36-2)26(32)15-16-28(25-13-7-8-14-27(25)37-18-17-31)38-30(35)24-12-6-4-10-22(24)21-9-3-5-11-23(21)29(33)34/h3-14,28,31H,1,15-19H2,2H3,(H,33,34)/t28-/m1/s1. The molecule has 3 rings (SSSR count). The zero-order valence-electron chi connectivity index (χ0n) is 21.1. The number of aromatic carboxylic acids is 1. The Morgan fingerprint density at radius 3 is 2.16 bits per heavy atom. The second-order valence-electron chi connectivity index (χ2n) is 8.40. The van der Waals surface area contributed by atoms with Crippen LogP contribution in [-0.2, 0) is 14.3 Å². The summed E-state index contributed by atoms with van der Waals surface area (Å²) in [5, 5.41) is 18.9. The van der Waals surface area contributed by atoms with Gasteiger partial charge in [-0.1, -0.05) is 61.2 Å². The van der Waals surface area contributed by atoms with E-state index in [0.29, 0.717) is 28.0 Å². The highest BCUT2D eigenvalue weighted by Crippen LogP contribution is 2.34. The maximum absolute atomic E-state index is 13.5. The summed E-state index contributed by atoms with van der Waals surface area (Å²) in [5.74, 6) is -1.62. The largest absolute Gasteiger partial charge is 0.491 e. The topological polar surface area (TPSA) is 119 Å². The lowest BCUT2D eigenvalue weighted by atomic mass is 9.95. The van der Waals surface area contributed by atoms with E-state index in [9.17, 15) is 24.6 Å². The number of Topliss-reactive ketones (excluding diaryl/α,β-unsaturated/α-hetero) is 1. The van der Waals surface area contributed by atoms with Crippen LogP contribution in [-0.4, -0.2) is 54.9 Å². The van der Waals surface area contributed by atoms with E-state index in [-0.39, 0.29) is 49.6 Å². The second-order valence-corrected chi connectivity index (χ2v) is 8.40. The Balaban J connectivity index is 1.97. The zero-order valence-corrected chi connectivity index (χ0v) is 21.1. The van der Waals surface area contributed by atoms with Crippen LogP contribution in [0.5, 0.6) is 5.75 Å². The molecular formula is C30H30O8. The molecular weight excluding hydrogens is 488 g/mol. The van der Waals surface area contributed by atoms with E-state index >= 15 is 0 Å². The van der Waals surface area contributed by atoms with Crippen LogP contribution in [0.15, 0.2) is 84.9 Å². The number of carboxylic acid groups (broad SMARTS) is 1. The average molecular weight is 519 g/mol. The summed E-state index contributed by atoms with van der Waals surface area (Å²) in [7, 11) is 1.47. The number of esters is 1. The van der Waals surface area contributed by atoms with Crippen molar-refractivity contribution in [3.63, 3.8) is 0 Å². The van der Waals surface area contributed by atoms with Crippen LogP contribution in [0.4, 0.5) is 0 Å². The van der Waals surface area contributed by atoms with Crippen molar-refractivity contribution in [1.82, 2.24) is 0 Å². The number of benzene rings is 3. The molecule has 2 N–H and O–H groups in total. The van der Waals surface area contributed by atoms with Crippen molar-refractivity contribution in [2.24, 2.45) is 0 Å². The molecule has 8 heteroatoms. The predicted molar refractivity (Wildman–Crippen MR) is 141 cm³/mol. The minimum atomic E-state index is -1.12. The molecule has 8 nitrogen and oxygen atoms in total. The Bertz CT molecular complexity index is 1300. The van der Waals surface area contributed by atoms with Crippen molar-refractivity contribution in [1.29, 1.82) is 0 Å². The number of aliphatic hydroxyl groups excluding tert-OH is 1. The summed E-state index contributed by atoms with van der Waals surface area (Å²) < 4.78 is 16.6. The van der Waals surface area contributed by atoms with E-state index in [1.54, 1.807) is 66.7 Å². The molecule has 0 aliphatic heterocycles. The summed E-state index contributed by atoms with van der Waals surface area (Å²) in [6.45, 7) is 3.67. The third-order valence-corrected chi connectivity index (χ3v) is 5.81. The number of hydrogen-bond donors (Lipinski definition) is 2. The maximum atomic E-state index is 13.5. The smallest absolute Gasteiger partial charge is 0.339 e. The summed E-state index contributed by atoms with van der Waals surface area (Å²) in [5.41, 5.74) is 1.84. The molecule has 0 heterocycles. The number of carbonyl (C=O) groups excluding carboxylic acids is 2. The molecule has 198 valence electrons. The predicted octanol–water partition coefficient (Wildman–Crippen LogP) is 4.87. The molecule has 3 aromatic carbocycles. The van der Waals surface area contributed by atoms with Crippen molar-refractivity contribution >= 4 is 17.7 Å². The van der Waals surface area contributed by atoms with Crippen LogP contribution in [0, 0.1) is 0 Å². The first-order valence-corrected chi connectivity index (χ1v) is 12.0. The van der Waals surface area contributed by atoms with Gasteiger partial charge in [0.05, 0.1) is 24.3 Å². The highest BCUT2D eigenvalue weighted by Gasteiger charge is 2.25. The number of aliphatic hydroxyl groups is 1. The number of para-hydroxylation sites is 1. The van der Waals surface area contributed by atoms with Crippen molar-refractivity contribution in [2.45, 2.75) is 18.9 Å². The zero-order chi connectivity index (χ0) is 27.5. The fourth-order valence-electron chi connectivity index (χ4n) is 4.00. The number of ketones is 1. The first kappa shape index (κ1) is 28.3. The Kier molecular flexibility index (Phi) is 10.3. The second kappa shape index (κ2) is 13.9. The monoisotopic (exact) mass is 518 g/mol. The first-order chi connectivity index (χ1) is 18.4. The van der Waals surface area contributed by atoms with Gasteiger partial charge in [-0.25, -0.2) is 9.59 Å². The van der Waals surface area contributed by atoms with Crippen LogP contribution in [0.25, 0.3) is 11.1 Å². The summed E-state index contributed by atoms with van der Waals surface area (Å²) in [6.07, 6.45) is -0.696. The number of ether oxygens (including phenoxy) is 3. The van der Waals surface area contributed by atoms with Gasteiger partial charge in [-0.2, -0.15) is 0 Å². The third-order valence-electron chi connectivity index (χ3n) is 5.81. The molecule has 0 fully saturated rings. The fourth-order valence-corrected chi connectivity index (χ4v) is 4.00. The molecule has 0 radical (unpaired) electrons. The highest BCUT2D eigenvalue weighted by molar-refractivity contribution is 6.02. The van der Waals surface area contributed by atoms with Gasteiger partial charge in [0.15, 0.2) is 5.78 Å². The molecule has 0 saturated carbocycles. The Morgan fingerprint density at radius 2 is 1.50 bits per heavy atom. The first-order valence-electron chi connectivity index (χ1n) is 12.0. The number of carboxylic acids is 1. The lowest BCUT2D eigenvalue weighted by Crippen LogP contribution is -2.17. The maximum Gasteiger partial charge on any atom is 0.339 e. The molecule has 0 bridgehead atoms. The van der Waals surface area contributed by atoms with Crippen LogP contribution in [0.2, 0.25) is 0 Å². The number of methoxy groups -OCH3 is 1. The van der Waals surface area contributed by atoms with Gasteiger partial charge in [0.1, 0.15) is 18.5 Å². The molecule has 0 amide bonds. The third kappa shape index (κ3) is 7.15. The van der Waals surface area contributed by atoms with Gasteiger partial charge >= 0.3 is 11.9 Å². The summed E-state index contributed by atoms with van der Waals surface area (Å²) in [4.78, 5) is 37.9. The average Bonchev–Trinajstić information content (AvgIpc) is 2.94. The van der Waals surface area contributed by atoms with Gasteiger partial charge in [0, 0.05) is 24.7 Å². The fraction of sp³-hybridized carbons (Fsp3) is 0.233. The Labute approximate surface area is 221 Å². The minimum Gasteiger partial charge on any atom is -0.491 e. The molecule has 0 aliphatic rings. The minimum absolute atomic E-state index is 0.0378. The van der Waals surface area contributed by atoms with Gasteiger partial charge in [0.2, 0.25) is 0 Å². The van der Waals surface area contributed by atoms with E-state index in [0.717, 1.165) is 0 Å². The van der Waals surface area contributed by atoms with Gasteiger partial charge in [0.25, 0.3) is 0 Å². The van der Waals surface area contributed by atoms with Gasteiger partial charge < -0.3 is 24.4 Å². The highest BCUT2D eigenvalue weighted by atomic mass is 16.5. The molecule has 0 spiro atoms. The quantitative estimate of drug-likeness (QED) is 0.229. The van der Waals surface area contributed by atoms with Crippen molar-refractivity contribution < 1.29 is 38.8 Å². The number of hydrogen-bond acceptors (Lipinski definition) is 7. The molecule has 1 atom stereocenters. The van der Waals surface area contributed by atoms with Crippen molar-refractivity contribution in [2.75, 3.05) is 26.9 Å². The molecule has 38 heavy (non-hydrogen) atoms. The van der Waals surface area contributed by atoms with Crippen LogP contribution >= 0.6 is 0 Å². The number of rotatable bonds is 14.